The van der Waals surface area contributed by atoms with Crippen LogP contribution in [0, 0.1) is 13.8 Å². The molecule has 2 N–H and O–H groups in total. The summed E-state index contributed by atoms with van der Waals surface area (Å²) < 4.78 is 0. The van der Waals surface area contributed by atoms with Crippen LogP contribution in [0.15, 0.2) is 30.3 Å². The number of nitrogens with one attached hydrogen (secondary N) is 1. The van der Waals surface area contributed by atoms with Crippen molar-refractivity contribution in [2.45, 2.75) is 71.4 Å². The van der Waals surface area contributed by atoms with Gasteiger partial charge < -0.3 is 15.0 Å². The van der Waals surface area contributed by atoms with E-state index < -0.39 is 6.23 Å². The molecule has 186 valence electrons. The number of aromatic nitrogens is 2. The number of fused-ring (bicyclic) bond motifs is 1. The third kappa shape index (κ3) is 4.87. The molecule has 6 heteroatoms. The molecule has 1 amide bonds. The van der Waals surface area contributed by atoms with Gasteiger partial charge in [0.1, 0.15) is 6.23 Å². The Hall–Kier alpha value is -2.70. The van der Waals surface area contributed by atoms with Gasteiger partial charge in [-0.05, 0) is 86.8 Å². The Morgan fingerprint density at radius 1 is 1.09 bits per heavy atom. The van der Waals surface area contributed by atoms with Crippen molar-refractivity contribution in [1.29, 1.82) is 0 Å². The highest BCUT2D eigenvalue weighted by molar-refractivity contribution is 5.92. The molecule has 0 aliphatic carbocycles. The van der Waals surface area contributed by atoms with Crippen molar-refractivity contribution in [2.75, 3.05) is 26.2 Å². The van der Waals surface area contributed by atoms with Crippen LogP contribution in [0.3, 0.4) is 0 Å². The van der Waals surface area contributed by atoms with Gasteiger partial charge >= 0.3 is 0 Å². The second kappa shape index (κ2) is 9.75. The Morgan fingerprint density at radius 3 is 2.43 bits per heavy atom. The van der Waals surface area contributed by atoms with Gasteiger partial charge in [0, 0.05) is 47.5 Å². The van der Waals surface area contributed by atoms with E-state index in [0.717, 1.165) is 56.7 Å². The molecule has 3 aromatic rings. The monoisotopic (exact) mass is 474 g/mol. The summed E-state index contributed by atoms with van der Waals surface area (Å²) in [7, 11) is 0. The Kier molecular flexibility index (Phi) is 6.69. The zero-order valence-corrected chi connectivity index (χ0v) is 21.5. The SMILES string of the molecule is Cc1cc(-c2[nH]c3ccc(C4CCN(C(=O)CN5CCCC5O)CC4)cc3c2C(C)C)cc(C)n1. The number of rotatable bonds is 5. The fourth-order valence-electron chi connectivity index (χ4n) is 6.02. The summed E-state index contributed by atoms with van der Waals surface area (Å²) >= 11 is 0. The van der Waals surface area contributed by atoms with E-state index in [9.17, 15) is 9.90 Å². The normalized spacial score (nSPS) is 19.8. The predicted molar refractivity (Wildman–Crippen MR) is 140 cm³/mol. The quantitative estimate of drug-likeness (QED) is 0.540. The number of aliphatic hydroxyl groups excluding tert-OH is 1. The van der Waals surface area contributed by atoms with E-state index in [2.05, 4.69) is 68.0 Å². The molecule has 0 saturated carbocycles. The van der Waals surface area contributed by atoms with E-state index in [1.54, 1.807) is 0 Å². The Morgan fingerprint density at radius 2 is 1.80 bits per heavy atom. The molecule has 6 nitrogen and oxygen atoms in total. The third-order valence-electron chi connectivity index (χ3n) is 7.80. The van der Waals surface area contributed by atoms with Crippen LogP contribution in [0.1, 0.15) is 73.9 Å². The lowest BCUT2D eigenvalue weighted by Crippen LogP contribution is -2.45. The summed E-state index contributed by atoms with van der Waals surface area (Å²) in [6.07, 6.45) is 3.26. The Balaban J connectivity index is 1.35. The summed E-state index contributed by atoms with van der Waals surface area (Å²) in [6, 6.07) is 11.2. The number of aryl methyl sites for hydroxylation is 2. The first-order valence-corrected chi connectivity index (χ1v) is 13.1. The van der Waals surface area contributed by atoms with Crippen molar-refractivity contribution < 1.29 is 9.90 Å². The van der Waals surface area contributed by atoms with Gasteiger partial charge in [0.05, 0.1) is 12.2 Å². The predicted octanol–water partition coefficient (Wildman–Crippen LogP) is 5.09. The van der Waals surface area contributed by atoms with E-state index >= 15 is 0 Å². The van der Waals surface area contributed by atoms with E-state index in [4.69, 9.17) is 0 Å². The van der Waals surface area contributed by atoms with Crippen LogP contribution in [0.25, 0.3) is 22.2 Å². The van der Waals surface area contributed by atoms with Crippen molar-refractivity contribution in [3.8, 4) is 11.3 Å². The molecule has 2 aliphatic rings. The fourth-order valence-corrected chi connectivity index (χ4v) is 6.02. The molecule has 2 saturated heterocycles. The van der Waals surface area contributed by atoms with Crippen LogP contribution in [-0.2, 0) is 4.79 Å². The maximum atomic E-state index is 12.8. The van der Waals surface area contributed by atoms with Gasteiger partial charge in [0.15, 0.2) is 0 Å². The van der Waals surface area contributed by atoms with Crippen molar-refractivity contribution in [3.63, 3.8) is 0 Å². The Labute approximate surface area is 208 Å². The maximum Gasteiger partial charge on any atom is 0.236 e. The molecule has 35 heavy (non-hydrogen) atoms. The largest absolute Gasteiger partial charge is 0.378 e. The number of aliphatic hydroxyl groups is 1. The third-order valence-corrected chi connectivity index (χ3v) is 7.80. The number of aromatic amines is 1. The smallest absolute Gasteiger partial charge is 0.236 e. The molecular weight excluding hydrogens is 436 g/mol. The van der Waals surface area contributed by atoms with E-state index in [1.807, 2.05) is 9.80 Å². The van der Waals surface area contributed by atoms with Gasteiger partial charge in [-0.2, -0.15) is 0 Å². The summed E-state index contributed by atoms with van der Waals surface area (Å²) in [5.74, 6) is 1.01. The topological polar surface area (TPSA) is 72.5 Å². The number of carbonyl (C=O) groups is 1. The lowest BCUT2D eigenvalue weighted by atomic mass is 9.87. The molecule has 4 heterocycles. The lowest BCUT2D eigenvalue weighted by Gasteiger charge is -2.33. The number of benzene rings is 1. The van der Waals surface area contributed by atoms with Crippen molar-refractivity contribution >= 4 is 16.8 Å². The fraction of sp³-hybridized carbons (Fsp3) is 0.517. The number of nitrogens with zero attached hydrogens (tertiary/aromatic N) is 3. The molecule has 0 spiro atoms. The number of pyridine rings is 1. The number of carbonyl (C=O) groups excluding carboxylic acids is 1. The van der Waals surface area contributed by atoms with Crippen LogP contribution >= 0.6 is 0 Å². The number of amides is 1. The highest BCUT2D eigenvalue weighted by atomic mass is 16.3. The number of likely N-dealkylation sites (tertiary alicyclic amines) is 2. The summed E-state index contributed by atoms with van der Waals surface area (Å²) in [6.45, 7) is 11.4. The summed E-state index contributed by atoms with van der Waals surface area (Å²) in [4.78, 5) is 24.9. The number of piperidine rings is 1. The van der Waals surface area contributed by atoms with Crippen LogP contribution in [-0.4, -0.2) is 63.2 Å². The minimum absolute atomic E-state index is 0.153. The first-order valence-electron chi connectivity index (χ1n) is 13.1. The van der Waals surface area contributed by atoms with Gasteiger partial charge in [-0.3, -0.25) is 14.7 Å². The average Bonchev–Trinajstić information content (AvgIpc) is 3.41. The van der Waals surface area contributed by atoms with Crippen molar-refractivity contribution in [3.05, 3.63) is 52.8 Å². The van der Waals surface area contributed by atoms with E-state index in [1.165, 1.54) is 33.3 Å². The molecule has 5 rings (SSSR count). The molecule has 2 fully saturated rings. The van der Waals surface area contributed by atoms with E-state index in [0.29, 0.717) is 18.4 Å². The summed E-state index contributed by atoms with van der Waals surface area (Å²) in [5.41, 5.74) is 8.38. The molecule has 1 atom stereocenters. The van der Waals surface area contributed by atoms with Crippen molar-refractivity contribution in [1.82, 2.24) is 19.8 Å². The van der Waals surface area contributed by atoms with Crippen molar-refractivity contribution in [2.24, 2.45) is 0 Å². The second-order valence-electron chi connectivity index (χ2n) is 10.8. The lowest BCUT2D eigenvalue weighted by molar-refractivity contribution is -0.135. The maximum absolute atomic E-state index is 12.8. The minimum Gasteiger partial charge on any atom is -0.378 e. The van der Waals surface area contributed by atoms with Gasteiger partial charge in [0.25, 0.3) is 0 Å². The molecule has 2 aromatic heterocycles. The standard InChI is InChI=1S/C29H38N4O2/c1-18(2)28-24-16-22(7-8-25(24)31-29(28)23-14-19(3)30-20(4)15-23)21-9-12-32(13-10-21)27(35)17-33-11-5-6-26(33)34/h7-8,14-16,18,21,26,31,34H,5-6,9-13,17H2,1-4H3. The first kappa shape index (κ1) is 24.0. The number of hydrogen-bond donors (Lipinski definition) is 2. The molecular formula is C29H38N4O2. The van der Waals surface area contributed by atoms with Crippen LogP contribution in [0.4, 0.5) is 0 Å². The van der Waals surface area contributed by atoms with Gasteiger partial charge in [-0.1, -0.05) is 19.9 Å². The number of H-pyrrole nitrogens is 1. The highest BCUT2D eigenvalue weighted by Gasteiger charge is 2.29. The first-order chi connectivity index (χ1) is 16.8. The van der Waals surface area contributed by atoms with Crippen LogP contribution in [0.2, 0.25) is 0 Å². The van der Waals surface area contributed by atoms with Crippen LogP contribution < -0.4 is 0 Å². The molecule has 2 aliphatic heterocycles. The molecule has 0 radical (unpaired) electrons. The van der Waals surface area contributed by atoms with Gasteiger partial charge in [0.2, 0.25) is 5.91 Å². The zero-order chi connectivity index (χ0) is 24.7. The number of hydrogen-bond acceptors (Lipinski definition) is 4. The second-order valence-corrected chi connectivity index (χ2v) is 10.8. The Bertz CT molecular complexity index is 1200. The molecule has 0 bridgehead atoms. The van der Waals surface area contributed by atoms with E-state index in [-0.39, 0.29) is 5.91 Å². The summed E-state index contributed by atoms with van der Waals surface area (Å²) in [5, 5.41) is 11.3. The van der Waals surface area contributed by atoms with Gasteiger partial charge in [-0.25, -0.2) is 0 Å². The van der Waals surface area contributed by atoms with Gasteiger partial charge in [-0.15, -0.1) is 0 Å². The van der Waals surface area contributed by atoms with Crippen LogP contribution in [0.5, 0.6) is 0 Å². The average molecular weight is 475 g/mol. The zero-order valence-electron chi connectivity index (χ0n) is 21.5. The minimum atomic E-state index is -0.454. The molecule has 1 aromatic carbocycles. The highest BCUT2D eigenvalue weighted by Crippen LogP contribution is 2.38. The molecule has 1 unspecified atom stereocenters.